The van der Waals surface area contributed by atoms with Gasteiger partial charge in [-0.2, -0.15) is 39.5 Å². The number of ether oxygens (including phenoxy) is 5. The number of benzene rings is 4. The zero-order valence-electron chi connectivity index (χ0n) is 79.6. The molecule has 2 N–H and O–H groups in total. The zero-order valence-corrected chi connectivity index (χ0v) is 79.6. The first kappa shape index (κ1) is 101. The van der Waals surface area contributed by atoms with Crippen LogP contribution in [0, 0.1) is 18.7 Å². The number of phenolic OH excluding ortho intramolecular Hbond substituents is 1. The number of phenols is 1. The maximum absolute atomic E-state index is 14.9. The summed E-state index contributed by atoms with van der Waals surface area (Å²) in [6.45, 7) is 28.5. The Kier molecular flexibility index (Phi) is 29.9. The van der Waals surface area contributed by atoms with Gasteiger partial charge in [-0.05, 0) is 243 Å². The summed E-state index contributed by atoms with van der Waals surface area (Å²) in [6, 6.07) is 28.2. The molecule has 4 fully saturated rings. The zero-order chi connectivity index (χ0) is 98.3. The average molecular weight is 1890 g/mol. The highest BCUT2D eigenvalue weighted by Crippen LogP contribution is 2.50. The molecule has 0 unspecified atom stereocenters. The van der Waals surface area contributed by atoms with Crippen LogP contribution in [0.25, 0.3) is 0 Å². The molecular weight excluding hydrogens is 1770 g/mol. The molecule has 734 valence electrons. The third kappa shape index (κ3) is 20.6. The number of fused-ring (bicyclic) bond motifs is 8. The fourth-order valence-corrected chi connectivity index (χ4v) is 20.6. The van der Waals surface area contributed by atoms with Gasteiger partial charge in [0.15, 0.2) is 34.6 Å². The number of hydrogen-bond donors (Lipinski definition) is 2. The maximum Gasteiger partial charge on any atom is 0.456 e. The number of halogens is 10. The van der Waals surface area contributed by atoms with E-state index in [1.54, 1.807) is 110 Å². The fraction of sp³-hybridized carbons (Fsp3) is 0.530. The number of likely N-dealkylation sites (N-methyl/N-ethyl adjacent to an activating group) is 3. The lowest BCUT2D eigenvalue weighted by molar-refractivity contribution is -0.145. The van der Waals surface area contributed by atoms with Crippen LogP contribution in [0.3, 0.4) is 0 Å². The number of ketones is 3. The summed E-state index contributed by atoms with van der Waals surface area (Å²) in [6.07, 6.45) is -6.46. The van der Waals surface area contributed by atoms with E-state index in [4.69, 9.17) is 23.7 Å². The van der Waals surface area contributed by atoms with E-state index in [0.717, 1.165) is 60.8 Å². The van der Waals surface area contributed by atoms with Gasteiger partial charge in [0.05, 0.1) is 77.8 Å². The summed E-state index contributed by atoms with van der Waals surface area (Å²) in [7, 11) is 8.96. The van der Waals surface area contributed by atoms with Crippen LogP contribution in [0.15, 0.2) is 115 Å². The van der Waals surface area contributed by atoms with Crippen LogP contribution in [0.4, 0.5) is 43.9 Å². The number of amides is 4. The van der Waals surface area contributed by atoms with Crippen LogP contribution in [-0.2, 0) is 60.7 Å². The SMILES string of the molecule is CC(=O)c1cc2n(c1)CC(C)(C)NC21CCN(C(=O)c2ccc(OC(C)C)c(C(F)(F)F)c2)CC1.CCCOc1cc(C(=O)N2CCC3(CC2)c2ccc(C(=O)C(F)(F)F)n2CCN3C)ccc1OC.CC[C@H](C)Oc1ccc(C(=O)N2CCC3(CC2)c2c(F)cc(C(F)(F)F)n2CCN3C)cc1OC.Cc1cc(C(=O)N2CCC3(CC2)c2ccc(C(=O)C(C)C)n2CCN3C)ccc1O.[HH]. The van der Waals surface area contributed by atoms with E-state index in [1.165, 1.54) is 35.6 Å². The largest absolute Gasteiger partial charge is 0.508 e. The van der Waals surface area contributed by atoms with Gasteiger partial charge in [0, 0.05) is 168 Å². The number of piperidine rings is 4. The van der Waals surface area contributed by atoms with Crippen LogP contribution in [0.1, 0.15) is 247 Å². The molecule has 35 heteroatoms. The molecule has 135 heavy (non-hydrogen) atoms. The minimum atomic E-state index is -4.92. The van der Waals surface area contributed by atoms with Crippen molar-refractivity contribution >= 4 is 41.0 Å². The lowest BCUT2D eigenvalue weighted by Crippen LogP contribution is -2.63. The average Bonchev–Trinajstić information content (AvgIpc) is 1.57. The van der Waals surface area contributed by atoms with Crippen LogP contribution in [0.5, 0.6) is 34.5 Å². The lowest BCUT2D eigenvalue weighted by Gasteiger charge is -2.51. The van der Waals surface area contributed by atoms with Crippen molar-refractivity contribution in [1.29, 1.82) is 0 Å². The number of likely N-dealkylation sites (tertiary alicyclic amines) is 4. The number of nitrogens with one attached hydrogen (secondary N) is 1. The number of methoxy groups -OCH3 is 2. The van der Waals surface area contributed by atoms with E-state index in [1.807, 2.05) is 76.8 Å². The molecule has 0 aliphatic carbocycles. The van der Waals surface area contributed by atoms with Gasteiger partial charge in [0.1, 0.15) is 23.0 Å². The monoisotopic (exact) mass is 1890 g/mol. The van der Waals surface area contributed by atoms with E-state index in [2.05, 4.69) is 51.2 Å². The van der Waals surface area contributed by atoms with Crippen molar-refractivity contribution < 1.29 is 108 Å². The third-order valence-electron chi connectivity index (χ3n) is 28.1. The molecule has 8 aliphatic rings. The molecule has 0 radical (unpaired) electrons. The van der Waals surface area contributed by atoms with Gasteiger partial charge in [-0.1, -0.05) is 27.7 Å². The predicted octanol–water partition coefficient (Wildman–Crippen LogP) is 17.7. The summed E-state index contributed by atoms with van der Waals surface area (Å²) in [5, 5.41) is 13.5. The van der Waals surface area contributed by atoms with Gasteiger partial charge in [-0.25, -0.2) is 4.39 Å². The summed E-state index contributed by atoms with van der Waals surface area (Å²) >= 11 is 0. The van der Waals surface area contributed by atoms with E-state index < -0.39 is 70.0 Å². The number of aromatic nitrogens is 4. The van der Waals surface area contributed by atoms with Crippen LogP contribution >= 0.6 is 0 Å². The Hall–Kier alpha value is -11.2. The fourth-order valence-electron chi connectivity index (χ4n) is 20.6. The van der Waals surface area contributed by atoms with Crippen molar-refractivity contribution in [3.8, 4) is 34.5 Å². The topological polar surface area (TPSA) is 240 Å². The van der Waals surface area contributed by atoms with Gasteiger partial charge in [0.2, 0.25) is 0 Å². The van der Waals surface area contributed by atoms with Gasteiger partial charge in [0.25, 0.3) is 29.4 Å². The van der Waals surface area contributed by atoms with E-state index in [0.29, 0.717) is 186 Å². The second-order valence-electron chi connectivity index (χ2n) is 37.9. The number of nitrogens with zero attached hydrogens (tertiary/aromatic N) is 11. The highest BCUT2D eigenvalue weighted by Gasteiger charge is 2.54. The van der Waals surface area contributed by atoms with Crippen LogP contribution in [-0.4, -0.2) is 237 Å². The molecule has 8 aliphatic heterocycles. The number of alkyl halides is 9. The van der Waals surface area contributed by atoms with E-state index in [9.17, 15) is 82.6 Å². The molecule has 1 atom stereocenters. The maximum atomic E-state index is 14.9. The number of aryl methyl sites for hydroxylation is 1. The number of rotatable bonds is 18. The van der Waals surface area contributed by atoms with Gasteiger partial charge in [-0.3, -0.25) is 53.6 Å². The highest BCUT2D eigenvalue weighted by molar-refractivity contribution is 6.00. The second-order valence-corrected chi connectivity index (χ2v) is 37.9. The molecule has 25 nitrogen and oxygen atoms in total. The van der Waals surface area contributed by atoms with E-state index >= 15 is 0 Å². The molecule has 4 saturated heterocycles. The normalized spacial score (nSPS) is 18.6. The number of carbonyl (C=O) groups is 7. The Bertz CT molecular complexity index is 5700. The third-order valence-corrected chi connectivity index (χ3v) is 28.1. The summed E-state index contributed by atoms with van der Waals surface area (Å²) < 4.78 is 170. The van der Waals surface area contributed by atoms with Gasteiger partial charge < -0.3 is 66.7 Å². The minimum Gasteiger partial charge on any atom is -0.508 e. The number of carbonyl (C=O) groups excluding carboxylic acids is 7. The molecule has 16 rings (SSSR count). The Labute approximate surface area is 782 Å². The molecule has 12 heterocycles. The number of hydrogen-bond acceptors (Lipinski definition) is 17. The summed E-state index contributed by atoms with van der Waals surface area (Å²) in [4.78, 5) is 103. The Morgan fingerprint density at radius 1 is 0.489 bits per heavy atom. The highest BCUT2D eigenvalue weighted by atomic mass is 19.4. The van der Waals surface area contributed by atoms with Gasteiger partial charge in [-0.15, -0.1) is 0 Å². The van der Waals surface area contributed by atoms with Crippen molar-refractivity contribution in [2.45, 2.75) is 225 Å². The minimum absolute atomic E-state index is 0. The van der Waals surface area contributed by atoms with Crippen molar-refractivity contribution in [1.82, 2.24) is 57.9 Å². The Morgan fingerprint density at radius 2 is 0.941 bits per heavy atom. The molecule has 4 aromatic heterocycles. The van der Waals surface area contributed by atoms with E-state index in [-0.39, 0.29) is 88.8 Å². The van der Waals surface area contributed by atoms with Crippen molar-refractivity contribution in [3.05, 3.63) is 200 Å². The van der Waals surface area contributed by atoms with Crippen molar-refractivity contribution in [3.63, 3.8) is 0 Å². The smallest absolute Gasteiger partial charge is 0.456 e. The van der Waals surface area contributed by atoms with Crippen LogP contribution < -0.4 is 29.0 Å². The standard InChI is InChI=1S/C26H32F3N3O3.C25H31F4N3O3.C25H30F3N3O4.C24H31N3O3.H2/c1-16(2)35-21-7-6-18(12-20(21)26(27,28)29)23(34)31-10-8-25(9-11-31)22-13-19(17(3)33)14-32(22)15-24(4,5)30-25;1-5-16(2)35-19-7-6-17(14-20(19)34-4)23(33)31-10-8-24(9-11-31)22-18(26)15-21(25(27,28)29)32(22)13-12-30(24)3;1-4-15-35-20-16-17(5-7-19(20)34-3)23(33)30-11-9-24(10-12-30)21-8-6-18(22(32)25(26,27)28)31(21)14-13-29(24)2;1-16(2)22(29)19-6-8-21-24(25(4)13-14-27(19)21)9-11-26(12-10-24)23(30)18-5-7-20(28)17(3)15-18;/h6-7,12-14,16,30H,8-11,15H2,1-5H3;6-7,14-16H,5,8-13H2,1-4H3;5-8,16H,4,9-15H2,1-3H3;5-8,15-16,28H,9-14H2,1-4H3;1H/t;16-;;;/m.0.../s1. The Morgan fingerprint density at radius 3 is 1.41 bits per heavy atom. The number of Topliss-reactive ketones (excluding diaryl/α,β-unsaturated/α-hetero) is 3. The molecule has 4 aromatic carbocycles. The molecule has 4 amide bonds. The molecule has 0 saturated carbocycles. The first-order chi connectivity index (χ1) is 63.6. The van der Waals surface area contributed by atoms with Gasteiger partial charge >= 0.3 is 18.5 Å². The predicted molar refractivity (Wildman–Crippen MR) is 489 cm³/mol. The summed E-state index contributed by atoms with van der Waals surface area (Å²) in [5.41, 5.74) is 2.25. The molecular formula is C100H126F10N12O13. The number of aromatic hydroxyl groups is 1. The van der Waals surface area contributed by atoms with Crippen molar-refractivity contribution in [2.24, 2.45) is 5.92 Å². The molecule has 4 spiro atoms. The molecule has 0 bridgehead atoms. The second kappa shape index (κ2) is 39.9. The quantitative estimate of drug-likeness (QED) is 0.0599. The molecule has 8 aromatic rings. The first-order valence-electron chi connectivity index (χ1n) is 46.3. The van der Waals surface area contributed by atoms with Crippen LogP contribution in [0.2, 0.25) is 0 Å². The van der Waals surface area contributed by atoms with Crippen molar-refractivity contribution in [2.75, 3.05) is 114 Å². The lowest BCUT2D eigenvalue weighted by atomic mass is 9.79. The first-order valence-corrected chi connectivity index (χ1v) is 46.3. The Balaban J connectivity index is 0.000000163. The summed E-state index contributed by atoms with van der Waals surface area (Å²) in [5.74, 6) is -1.26.